The van der Waals surface area contributed by atoms with Gasteiger partial charge in [0.1, 0.15) is 5.78 Å². The molecular formula is C12H22ClNO3. The topological polar surface area (TPSA) is 38.8 Å². The van der Waals surface area contributed by atoms with Gasteiger partial charge in [0.2, 0.25) is 0 Å². The second-order valence-corrected chi connectivity index (χ2v) is 5.10. The summed E-state index contributed by atoms with van der Waals surface area (Å²) in [6, 6.07) is 0. The zero-order chi connectivity index (χ0) is 11.6. The molecule has 17 heavy (non-hydrogen) atoms. The second kappa shape index (κ2) is 6.14. The maximum atomic E-state index is 12.0. The van der Waals surface area contributed by atoms with Crippen molar-refractivity contribution in [2.75, 3.05) is 33.9 Å². The van der Waals surface area contributed by atoms with Gasteiger partial charge in [-0.3, -0.25) is 4.79 Å². The van der Waals surface area contributed by atoms with Gasteiger partial charge in [0.15, 0.2) is 5.79 Å². The van der Waals surface area contributed by atoms with E-state index < -0.39 is 5.79 Å². The highest BCUT2D eigenvalue weighted by molar-refractivity contribution is 5.85. The summed E-state index contributed by atoms with van der Waals surface area (Å²) in [7, 11) is 4.01. The minimum absolute atomic E-state index is 0. The number of carbonyl (C=O) groups is 1. The maximum absolute atomic E-state index is 12.0. The Kier molecular flexibility index (Phi) is 5.38. The molecule has 1 saturated heterocycles. The lowest BCUT2D eigenvalue weighted by Gasteiger charge is -2.41. The lowest BCUT2D eigenvalue weighted by Crippen LogP contribution is -2.48. The molecule has 1 spiro atoms. The van der Waals surface area contributed by atoms with Gasteiger partial charge < -0.3 is 14.4 Å². The quantitative estimate of drug-likeness (QED) is 0.756. The molecular weight excluding hydrogens is 242 g/mol. The normalized spacial score (nSPS) is 28.2. The van der Waals surface area contributed by atoms with Crippen LogP contribution in [0.5, 0.6) is 0 Å². The van der Waals surface area contributed by atoms with E-state index in [4.69, 9.17) is 9.47 Å². The number of nitrogens with zero attached hydrogens (tertiary/aromatic N) is 1. The molecule has 100 valence electrons. The third-order valence-electron chi connectivity index (χ3n) is 3.38. The largest absolute Gasteiger partial charge is 0.349 e. The molecule has 1 aliphatic carbocycles. The molecule has 0 aromatic carbocycles. The van der Waals surface area contributed by atoms with Crippen molar-refractivity contribution < 1.29 is 14.3 Å². The maximum Gasteiger partial charge on any atom is 0.175 e. The summed E-state index contributed by atoms with van der Waals surface area (Å²) in [6.45, 7) is 2.30. The molecule has 4 nitrogen and oxygen atoms in total. The molecule has 1 aliphatic heterocycles. The predicted octanol–water partition coefficient (Wildman–Crippen LogP) is 1.47. The first kappa shape index (κ1) is 14.9. The Morgan fingerprint density at radius 1 is 1.35 bits per heavy atom. The average molecular weight is 264 g/mol. The summed E-state index contributed by atoms with van der Waals surface area (Å²) in [5.74, 6) is -0.116. The van der Waals surface area contributed by atoms with Gasteiger partial charge in [0, 0.05) is 18.9 Å². The molecule has 2 fully saturated rings. The van der Waals surface area contributed by atoms with E-state index in [1.807, 2.05) is 14.1 Å². The van der Waals surface area contributed by atoms with Crippen molar-refractivity contribution in [1.29, 1.82) is 0 Å². The lowest BCUT2D eigenvalue weighted by molar-refractivity contribution is -0.276. The van der Waals surface area contributed by atoms with Gasteiger partial charge in [-0.15, -0.1) is 12.4 Å². The molecule has 5 heteroatoms. The fourth-order valence-electron chi connectivity index (χ4n) is 2.55. The Balaban J connectivity index is 0.00000144. The fraction of sp³-hybridized carbons (Fsp3) is 0.917. The highest BCUT2D eigenvalue weighted by atomic mass is 35.5. The van der Waals surface area contributed by atoms with Crippen LogP contribution < -0.4 is 0 Å². The second-order valence-electron chi connectivity index (χ2n) is 5.10. The van der Waals surface area contributed by atoms with Gasteiger partial charge in [0.05, 0.1) is 19.6 Å². The molecule has 0 N–H and O–H groups in total. The van der Waals surface area contributed by atoms with E-state index in [0.717, 1.165) is 39.0 Å². The first-order valence-corrected chi connectivity index (χ1v) is 6.07. The van der Waals surface area contributed by atoms with E-state index in [1.165, 1.54) is 0 Å². The van der Waals surface area contributed by atoms with E-state index >= 15 is 0 Å². The van der Waals surface area contributed by atoms with Crippen molar-refractivity contribution in [2.45, 2.75) is 31.5 Å². The Labute approximate surface area is 109 Å². The highest BCUT2D eigenvalue weighted by Gasteiger charge is 2.43. The lowest BCUT2D eigenvalue weighted by atomic mass is 9.83. The zero-order valence-electron chi connectivity index (χ0n) is 10.6. The van der Waals surface area contributed by atoms with Gasteiger partial charge in [-0.2, -0.15) is 0 Å². The average Bonchev–Trinajstić information content (AvgIpc) is 2.23. The summed E-state index contributed by atoms with van der Waals surface area (Å²) in [6.07, 6.45) is 3.12. The van der Waals surface area contributed by atoms with Crippen LogP contribution in [-0.4, -0.2) is 50.3 Å². The number of rotatable bonds is 2. The molecule has 1 saturated carbocycles. The number of hydrogen-bond acceptors (Lipinski definition) is 4. The molecule has 0 aromatic heterocycles. The number of ether oxygens (including phenoxy) is 2. The van der Waals surface area contributed by atoms with Crippen molar-refractivity contribution >= 4 is 18.2 Å². The van der Waals surface area contributed by atoms with Gasteiger partial charge in [0.25, 0.3) is 0 Å². The first-order valence-electron chi connectivity index (χ1n) is 6.07. The Bertz CT molecular complexity index is 264. The van der Waals surface area contributed by atoms with Crippen LogP contribution >= 0.6 is 12.4 Å². The van der Waals surface area contributed by atoms with Crippen LogP contribution in [0.25, 0.3) is 0 Å². The monoisotopic (exact) mass is 263 g/mol. The third-order valence-corrected chi connectivity index (χ3v) is 3.38. The number of carbonyl (C=O) groups excluding carboxylic acids is 1. The molecule has 1 heterocycles. The van der Waals surface area contributed by atoms with E-state index in [2.05, 4.69) is 4.90 Å². The van der Waals surface area contributed by atoms with Crippen LogP contribution in [0.15, 0.2) is 0 Å². The Hall–Kier alpha value is -0.160. The van der Waals surface area contributed by atoms with Crippen molar-refractivity contribution in [3.8, 4) is 0 Å². The predicted molar refractivity (Wildman–Crippen MR) is 67.4 cm³/mol. The smallest absolute Gasteiger partial charge is 0.175 e. The molecule has 1 unspecified atom stereocenters. The standard InChI is InChI=1S/C12H21NO3.ClH/c1-13(2)9-10-4-5-12(8-11(10)14)15-6-3-7-16-12;/h10H,3-9H2,1-2H3;1H. The summed E-state index contributed by atoms with van der Waals surface area (Å²) in [4.78, 5) is 14.1. The van der Waals surface area contributed by atoms with Crippen molar-refractivity contribution in [3.63, 3.8) is 0 Å². The Morgan fingerprint density at radius 3 is 2.53 bits per heavy atom. The van der Waals surface area contributed by atoms with Gasteiger partial charge in [-0.05, 0) is 26.9 Å². The zero-order valence-corrected chi connectivity index (χ0v) is 11.4. The third kappa shape index (κ3) is 3.65. The minimum Gasteiger partial charge on any atom is -0.349 e. The van der Waals surface area contributed by atoms with Crippen LogP contribution in [0.4, 0.5) is 0 Å². The van der Waals surface area contributed by atoms with Crippen molar-refractivity contribution in [1.82, 2.24) is 4.90 Å². The van der Waals surface area contributed by atoms with Gasteiger partial charge >= 0.3 is 0 Å². The minimum atomic E-state index is -0.571. The molecule has 2 rings (SSSR count). The van der Waals surface area contributed by atoms with Crippen molar-refractivity contribution in [3.05, 3.63) is 0 Å². The summed E-state index contributed by atoms with van der Waals surface area (Å²) in [5.41, 5.74) is 0. The van der Waals surface area contributed by atoms with Crippen LogP contribution in [0, 0.1) is 5.92 Å². The molecule has 0 bridgehead atoms. The van der Waals surface area contributed by atoms with Crippen LogP contribution in [-0.2, 0) is 14.3 Å². The number of hydrogen-bond donors (Lipinski definition) is 0. The number of halogens is 1. The van der Waals surface area contributed by atoms with Gasteiger partial charge in [-0.25, -0.2) is 0 Å². The molecule has 2 aliphatic rings. The van der Waals surface area contributed by atoms with Gasteiger partial charge in [-0.1, -0.05) is 0 Å². The van der Waals surface area contributed by atoms with Crippen molar-refractivity contribution in [2.24, 2.45) is 5.92 Å². The highest BCUT2D eigenvalue weighted by Crippen LogP contribution is 2.35. The fourth-order valence-corrected chi connectivity index (χ4v) is 2.55. The number of Topliss-reactive ketones (excluding diaryl/α,β-unsaturated/α-hetero) is 1. The van der Waals surface area contributed by atoms with E-state index in [-0.39, 0.29) is 18.3 Å². The summed E-state index contributed by atoms with van der Waals surface area (Å²) < 4.78 is 11.3. The van der Waals surface area contributed by atoms with E-state index in [9.17, 15) is 4.79 Å². The van der Waals surface area contributed by atoms with Crippen LogP contribution in [0.3, 0.4) is 0 Å². The summed E-state index contributed by atoms with van der Waals surface area (Å²) in [5, 5.41) is 0. The van der Waals surface area contributed by atoms with E-state index in [0.29, 0.717) is 12.2 Å². The number of ketones is 1. The van der Waals surface area contributed by atoms with Crippen LogP contribution in [0.2, 0.25) is 0 Å². The molecule has 1 atom stereocenters. The first-order chi connectivity index (χ1) is 7.61. The Morgan fingerprint density at radius 2 is 2.00 bits per heavy atom. The SMILES string of the molecule is CN(C)CC1CCC2(CC1=O)OCCCO2.Cl. The van der Waals surface area contributed by atoms with E-state index in [1.54, 1.807) is 0 Å². The molecule has 0 amide bonds. The molecule has 0 radical (unpaired) electrons. The summed E-state index contributed by atoms with van der Waals surface area (Å²) >= 11 is 0. The molecule has 0 aromatic rings. The van der Waals surface area contributed by atoms with Crippen LogP contribution in [0.1, 0.15) is 25.7 Å².